The number of halogens is 4. The lowest BCUT2D eigenvalue weighted by Crippen LogP contribution is -2.12. The summed E-state index contributed by atoms with van der Waals surface area (Å²) in [5.41, 5.74) is 7.98. The maximum Gasteiger partial charge on any atom is 0.435 e. The van der Waals surface area contributed by atoms with Gasteiger partial charge in [-0.3, -0.25) is 0 Å². The highest BCUT2D eigenvalue weighted by atomic mass is 19.4. The van der Waals surface area contributed by atoms with Crippen molar-refractivity contribution in [1.29, 1.82) is 5.26 Å². The molecule has 10 heteroatoms. The van der Waals surface area contributed by atoms with Gasteiger partial charge >= 0.3 is 6.18 Å². The van der Waals surface area contributed by atoms with E-state index in [1.54, 1.807) is 54.6 Å². The van der Waals surface area contributed by atoms with E-state index in [0.29, 0.717) is 29.3 Å². The van der Waals surface area contributed by atoms with Crippen LogP contribution in [-0.4, -0.2) is 16.4 Å². The molecule has 0 amide bonds. The number of hydrogen-bond donors (Lipinski definition) is 2. The van der Waals surface area contributed by atoms with E-state index < -0.39 is 23.8 Å². The third kappa shape index (κ3) is 6.33. The molecule has 0 spiro atoms. The maximum atomic E-state index is 14.9. The summed E-state index contributed by atoms with van der Waals surface area (Å²) in [4.78, 5) is 0. The number of ether oxygens (including phenoxy) is 1. The first-order valence-electron chi connectivity index (χ1n) is 12.9. The molecule has 1 saturated carbocycles. The van der Waals surface area contributed by atoms with Gasteiger partial charge in [-0.05, 0) is 77.9 Å². The zero-order chi connectivity index (χ0) is 28.3. The second kappa shape index (κ2) is 11.5. The van der Waals surface area contributed by atoms with Gasteiger partial charge in [0.05, 0.1) is 41.9 Å². The molecule has 1 heterocycles. The molecule has 5 rings (SSSR count). The Labute approximate surface area is 229 Å². The molecule has 1 aliphatic carbocycles. The van der Waals surface area contributed by atoms with Gasteiger partial charge in [0, 0.05) is 6.54 Å². The number of nitriles is 1. The average molecular weight is 550 g/mol. The summed E-state index contributed by atoms with van der Waals surface area (Å²) in [6.45, 7) is 0.616. The number of nitrogens with one attached hydrogen (secondary N) is 1. The van der Waals surface area contributed by atoms with E-state index >= 15 is 0 Å². The molecule has 1 unspecified atom stereocenters. The van der Waals surface area contributed by atoms with Gasteiger partial charge in [-0.1, -0.05) is 30.3 Å². The minimum atomic E-state index is -4.65. The van der Waals surface area contributed by atoms with Gasteiger partial charge in [-0.25, -0.2) is 9.07 Å². The first-order valence-corrected chi connectivity index (χ1v) is 12.9. The Morgan fingerprint density at radius 2 is 1.82 bits per heavy atom. The van der Waals surface area contributed by atoms with Crippen molar-refractivity contribution in [3.63, 3.8) is 0 Å². The van der Waals surface area contributed by atoms with Gasteiger partial charge in [0.1, 0.15) is 11.9 Å². The second-order valence-electron chi connectivity index (χ2n) is 9.79. The predicted molar refractivity (Wildman–Crippen MR) is 142 cm³/mol. The number of anilines is 1. The Morgan fingerprint density at radius 1 is 1.05 bits per heavy atom. The van der Waals surface area contributed by atoms with Crippen molar-refractivity contribution in [2.24, 2.45) is 11.7 Å². The zero-order valence-corrected chi connectivity index (χ0v) is 21.5. The minimum Gasteiger partial charge on any atom is -0.377 e. The fourth-order valence-electron chi connectivity index (χ4n) is 4.42. The van der Waals surface area contributed by atoms with Crippen LogP contribution >= 0.6 is 0 Å². The molecule has 6 nitrogen and oxygen atoms in total. The number of nitrogens with zero attached hydrogens (tertiary/aromatic N) is 3. The van der Waals surface area contributed by atoms with Crippen molar-refractivity contribution in [3.8, 4) is 11.8 Å². The number of alkyl halides is 3. The van der Waals surface area contributed by atoms with Crippen LogP contribution < -0.4 is 11.1 Å². The quantitative estimate of drug-likeness (QED) is 0.221. The summed E-state index contributed by atoms with van der Waals surface area (Å²) in [6.07, 6.45) is -3.02. The Bertz CT molecular complexity index is 1540. The van der Waals surface area contributed by atoms with E-state index in [4.69, 9.17) is 10.5 Å². The molecular formula is C30H27F4N5O. The summed E-state index contributed by atoms with van der Waals surface area (Å²) >= 11 is 0. The van der Waals surface area contributed by atoms with E-state index in [-0.39, 0.29) is 24.5 Å². The highest BCUT2D eigenvalue weighted by Gasteiger charge is 2.35. The fourth-order valence-corrected chi connectivity index (χ4v) is 4.42. The monoisotopic (exact) mass is 549 g/mol. The Kier molecular flexibility index (Phi) is 7.87. The lowest BCUT2D eigenvalue weighted by atomic mass is 9.99. The maximum absolute atomic E-state index is 14.9. The molecule has 1 fully saturated rings. The van der Waals surface area contributed by atoms with E-state index in [0.717, 1.165) is 30.0 Å². The van der Waals surface area contributed by atoms with E-state index in [2.05, 4.69) is 16.5 Å². The second-order valence-corrected chi connectivity index (χ2v) is 9.79. The largest absolute Gasteiger partial charge is 0.435 e. The number of hydrogen-bond acceptors (Lipinski definition) is 5. The van der Waals surface area contributed by atoms with Crippen LogP contribution in [0.15, 0.2) is 72.8 Å². The van der Waals surface area contributed by atoms with E-state index in [1.807, 2.05) is 6.07 Å². The van der Waals surface area contributed by atoms with Crippen LogP contribution in [0.1, 0.15) is 52.6 Å². The summed E-state index contributed by atoms with van der Waals surface area (Å²) in [6, 6.07) is 21.4. The first-order chi connectivity index (χ1) is 19.2. The molecule has 40 heavy (non-hydrogen) atoms. The standard InChI is InChI=1S/C30H27F4N5O/c31-26-10-9-23(29(40-18-19-7-8-19)22-5-1-3-20(11-22)15-35)13-27(26)37-17-25-14-28(30(32,33)34)38-39(25)24-6-2-4-21(12-24)16-36/h1-6,9-14,19,29,37H,7-8,16-18,36H2. The van der Waals surface area contributed by atoms with E-state index in [9.17, 15) is 22.8 Å². The minimum absolute atomic E-state index is 0.103. The number of nitrogens with two attached hydrogens (primary N) is 1. The molecule has 1 aromatic heterocycles. The van der Waals surface area contributed by atoms with Crippen LogP contribution in [0.25, 0.3) is 5.69 Å². The molecule has 0 bridgehead atoms. The lowest BCUT2D eigenvalue weighted by Gasteiger charge is -2.20. The smallest absolute Gasteiger partial charge is 0.377 e. The average Bonchev–Trinajstić information content (AvgIpc) is 3.68. The van der Waals surface area contributed by atoms with Crippen molar-refractivity contribution >= 4 is 5.69 Å². The van der Waals surface area contributed by atoms with Crippen molar-refractivity contribution in [2.45, 2.75) is 38.2 Å². The molecule has 1 atom stereocenters. The van der Waals surface area contributed by atoms with Crippen molar-refractivity contribution in [2.75, 3.05) is 11.9 Å². The number of aromatic nitrogens is 2. The summed E-state index contributed by atoms with van der Waals surface area (Å²) in [7, 11) is 0. The van der Waals surface area contributed by atoms with Gasteiger partial charge in [0.15, 0.2) is 5.69 Å². The lowest BCUT2D eigenvalue weighted by molar-refractivity contribution is -0.141. The molecule has 3 N–H and O–H groups in total. The molecule has 0 aliphatic heterocycles. The first kappa shape index (κ1) is 27.4. The molecule has 1 aliphatic rings. The molecule has 0 radical (unpaired) electrons. The SMILES string of the molecule is N#Cc1cccc(C(OCC2CC2)c2ccc(F)c(NCc3cc(C(F)(F)F)nn3-c3cccc(CN)c3)c2)c1. The van der Waals surface area contributed by atoms with Crippen LogP contribution in [0.2, 0.25) is 0 Å². The van der Waals surface area contributed by atoms with Crippen LogP contribution in [0, 0.1) is 23.1 Å². The topological polar surface area (TPSA) is 88.9 Å². The van der Waals surface area contributed by atoms with Gasteiger partial charge in [0.25, 0.3) is 0 Å². The number of rotatable bonds is 10. The zero-order valence-electron chi connectivity index (χ0n) is 21.5. The highest BCUT2D eigenvalue weighted by Crippen LogP contribution is 2.35. The van der Waals surface area contributed by atoms with Crippen molar-refractivity contribution in [1.82, 2.24) is 9.78 Å². The molecular weight excluding hydrogens is 522 g/mol. The summed E-state index contributed by atoms with van der Waals surface area (Å²) in [5.74, 6) is -0.0942. The molecule has 0 saturated heterocycles. The third-order valence-electron chi connectivity index (χ3n) is 6.73. The van der Waals surface area contributed by atoms with E-state index in [1.165, 1.54) is 10.7 Å². The molecule has 3 aromatic carbocycles. The van der Waals surface area contributed by atoms with Crippen LogP contribution in [-0.2, 0) is 24.0 Å². The van der Waals surface area contributed by atoms with Crippen LogP contribution in [0.4, 0.5) is 23.2 Å². The third-order valence-corrected chi connectivity index (χ3v) is 6.73. The highest BCUT2D eigenvalue weighted by molar-refractivity contribution is 5.50. The predicted octanol–water partition coefficient (Wildman–Crippen LogP) is 6.49. The summed E-state index contributed by atoms with van der Waals surface area (Å²) < 4.78 is 63.0. The fraction of sp³-hybridized carbons (Fsp3) is 0.267. The number of benzene rings is 3. The molecule has 4 aromatic rings. The molecule has 206 valence electrons. The van der Waals surface area contributed by atoms with Crippen molar-refractivity contribution < 1.29 is 22.3 Å². The van der Waals surface area contributed by atoms with Crippen LogP contribution in [0.3, 0.4) is 0 Å². The van der Waals surface area contributed by atoms with Gasteiger partial charge in [0.2, 0.25) is 0 Å². The Hall–Kier alpha value is -4.20. The normalized spacial score (nSPS) is 14.1. The van der Waals surface area contributed by atoms with Gasteiger partial charge in [-0.2, -0.15) is 23.5 Å². The van der Waals surface area contributed by atoms with Crippen LogP contribution in [0.5, 0.6) is 0 Å². The van der Waals surface area contributed by atoms with Crippen molar-refractivity contribution in [3.05, 3.63) is 112 Å². The summed E-state index contributed by atoms with van der Waals surface area (Å²) in [5, 5.41) is 16.1. The Balaban J connectivity index is 1.45. The Morgan fingerprint density at radius 3 is 2.55 bits per heavy atom. The van der Waals surface area contributed by atoms with Gasteiger partial charge < -0.3 is 15.8 Å². The van der Waals surface area contributed by atoms with Gasteiger partial charge in [-0.15, -0.1) is 0 Å².